The van der Waals surface area contributed by atoms with E-state index in [1.165, 1.54) is 12.1 Å². The van der Waals surface area contributed by atoms with E-state index in [2.05, 4.69) is 9.97 Å². The molecule has 0 saturated carbocycles. The molecule has 0 amide bonds. The van der Waals surface area contributed by atoms with Crippen molar-refractivity contribution in [1.29, 1.82) is 0 Å². The molecule has 0 fully saturated rings. The first kappa shape index (κ1) is 10.6. The van der Waals surface area contributed by atoms with Crippen LogP contribution in [0.15, 0.2) is 29.4 Å². The van der Waals surface area contributed by atoms with Gasteiger partial charge in [0.1, 0.15) is 10.9 Å². The van der Waals surface area contributed by atoms with Crippen LogP contribution in [0, 0.1) is 6.92 Å². The van der Waals surface area contributed by atoms with Gasteiger partial charge in [0.25, 0.3) is 0 Å². The van der Waals surface area contributed by atoms with Gasteiger partial charge in [-0.05, 0) is 24.6 Å². The number of benzene rings is 1. The number of aromatic nitrogens is 2. The summed E-state index contributed by atoms with van der Waals surface area (Å²) in [5, 5.41) is 19.0. The predicted molar refractivity (Wildman–Crippen MR) is 61.4 cm³/mol. The van der Waals surface area contributed by atoms with E-state index in [1.54, 1.807) is 19.2 Å². The van der Waals surface area contributed by atoms with Gasteiger partial charge in [0.05, 0.1) is 0 Å². The first-order valence-electron chi connectivity index (χ1n) is 4.61. The van der Waals surface area contributed by atoms with Crippen LogP contribution in [0.5, 0.6) is 11.5 Å². The van der Waals surface area contributed by atoms with E-state index in [0.29, 0.717) is 22.0 Å². The molecular weight excluding hydrogens is 224 g/mol. The van der Waals surface area contributed by atoms with Crippen molar-refractivity contribution >= 4 is 12.6 Å². The van der Waals surface area contributed by atoms with Gasteiger partial charge in [-0.15, -0.1) is 0 Å². The van der Waals surface area contributed by atoms with Gasteiger partial charge in [0.15, 0.2) is 11.5 Å². The molecule has 0 saturated heterocycles. The Morgan fingerprint density at radius 1 is 1.19 bits per heavy atom. The molecule has 0 aliphatic heterocycles. The molecule has 4 nitrogen and oxygen atoms in total. The van der Waals surface area contributed by atoms with Crippen LogP contribution < -0.4 is 0 Å². The Morgan fingerprint density at radius 2 is 1.94 bits per heavy atom. The first-order chi connectivity index (χ1) is 7.58. The summed E-state index contributed by atoms with van der Waals surface area (Å²) in [5.41, 5.74) is 1.34. The number of hydrogen-bond donors (Lipinski definition) is 2. The highest BCUT2D eigenvalue weighted by molar-refractivity contribution is 7.80. The lowest BCUT2D eigenvalue weighted by molar-refractivity contribution is 0.404. The maximum atomic E-state index is 9.38. The van der Waals surface area contributed by atoms with Gasteiger partial charge < -0.3 is 10.2 Å². The second kappa shape index (κ2) is 3.94. The largest absolute Gasteiger partial charge is 0.504 e. The van der Waals surface area contributed by atoms with Gasteiger partial charge in [-0.25, -0.2) is 9.97 Å². The van der Waals surface area contributed by atoms with Gasteiger partial charge >= 0.3 is 0 Å². The molecule has 5 heteroatoms. The quantitative estimate of drug-likeness (QED) is 0.586. The van der Waals surface area contributed by atoms with Gasteiger partial charge in [0, 0.05) is 11.8 Å². The molecule has 0 aliphatic carbocycles. The van der Waals surface area contributed by atoms with Crippen molar-refractivity contribution in [2.24, 2.45) is 0 Å². The van der Waals surface area contributed by atoms with E-state index in [0.717, 1.165) is 0 Å². The maximum Gasteiger partial charge on any atom is 0.158 e. The zero-order valence-corrected chi connectivity index (χ0v) is 9.32. The second-order valence-corrected chi connectivity index (χ2v) is 3.73. The summed E-state index contributed by atoms with van der Waals surface area (Å²) < 4.78 is 0. The molecule has 16 heavy (non-hydrogen) atoms. The third-order valence-corrected chi connectivity index (χ3v) is 2.47. The van der Waals surface area contributed by atoms with E-state index >= 15 is 0 Å². The number of aromatic hydroxyl groups is 2. The minimum absolute atomic E-state index is 0.164. The Bertz CT molecular complexity index is 544. The van der Waals surface area contributed by atoms with Gasteiger partial charge in [-0.3, -0.25) is 0 Å². The third kappa shape index (κ3) is 1.90. The molecule has 1 heterocycles. The van der Waals surface area contributed by atoms with Crippen molar-refractivity contribution in [2.75, 3.05) is 0 Å². The first-order valence-corrected chi connectivity index (χ1v) is 5.02. The summed E-state index contributed by atoms with van der Waals surface area (Å²) in [6, 6.07) is 4.48. The molecule has 0 atom stereocenters. The van der Waals surface area contributed by atoms with Crippen molar-refractivity contribution in [1.82, 2.24) is 9.97 Å². The standard InChI is InChI=1S/C11H9N2O2S/c1-6-12-5-8(11(16)13-6)7-2-3-9(14)10(15)4-7/h2-5,14-15H,1H3. The lowest BCUT2D eigenvalue weighted by Crippen LogP contribution is -1.91. The number of rotatable bonds is 1. The number of aryl methyl sites for hydroxylation is 1. The Morgan fingerprint density at radius 3 is 2.56 bits per heavy atom. The predicted octanol–water partition coefficient (Wildman–Crippen LogP) is 2.42. The van der Waals surface area contributed by atoms with Crippen LogP contribution in [-0.2, 0) is 0 Å². The van der Waals surface area contributed by atoms with Crippen molar-refractivity contribution in [2.45, 2.75) is 11.9 Å². The van der Waals surface area contributed by atoms with Crippen LogP contribution in [0.25, 0.3) is 11.1 Å². The van der Waals surface area contributed by atoms with E-state index in [1.807, 2.05) is 0 Å². The van der Waals surface area contributed by atoms with E-state index in [4.69, 9.17) is 12.6 Å². The minimum Gasteiger partial charge on any atom is -0.504 e. The average Bonchev–Trinajstić information content (AvgIpc) is 2.22. The molecule has 2 rings (SSSR count). The molecule has 0 bridgehead atoms. The fourth-order valence-electron chi connectivity index (χ4n) is 1.34. The smallest absolute Gasteiger partial charge is 0.158 e. The molecule has 1 aromatic heterocycles. The maximum absolute atomic E-state index is 9.38. The molecule has 0 spiro atoms. The molecule has 0 aliphatic rings. The van der Waals surface area contributed by atoms with E-state index < -0.39 is 0 Å². The zero-order chi connectivity index (χ0) is 11.7. The SMILES string of the molecule is Cc1ncc(-c2ccc(O)c(O)c2)c([S])n1. The van der Waals surface area contributed by atoms with Crippen LogP contribution in [0.2, 0.25) is 0 Å². The second-order valence-electron chi connectivity index (χ2n) is 3.34. The lowest BCUT2D eigenvalue weighted by Gasteiger charge is -2.05. The molecule has 0 unspecified atom stereocenters. The molecule has 2 aromatic rings. The summed E-state index contributed by atoms with van der Waals surface area (Å²) in [4.78, 5) is 8.11. The highest BCUT2D eigenvalue weighted by atomic mass is 32.1. The van der Waals surface area contributed by atoms with Crippen molar-refractivity contribution < 1.29 is 10.2 Å². The van der Waals surface area contributed by atoms with Crippen molar-refractivity contribution in [3.05, 3.63) is 30.2 Å². The number of hydrogen-bond acceptors (Lipinski definition) is 4. The van der Waals surface area contributed by atoms with Crippen molar-refractivity contribution in [3.63, 3.8) is 0 Å². The molecular formula is C11H9N2O2S. The molecule has 81 valence electrons. The molecule has 1 radical (unpaired) electrons. The topological polar surface area (TPSA) is 66.2 Å². The third-order valence-electron chi connectivity index (χ3n) is 2.16. The summed E-state index contributed by atoms with van der Waals surface area (Å²) in [6.07, 6.45) is 1.61. The van der Waals surface area contributed by atoms with Crippen LogP contribution in [0.1, 0.15) is 5.82 Å². The summed E-state index contributed by atoms with van der Waals surface area (Å²) in [5.74, 6) is 0.256. The highest BCUT2D eigenvalue weighted by Gasteiger charge is 2.08. The number of phenols is 2. The van der Waals surface area contributed by atoms with E-state index in [-0.39, 0.29) is 11.5 Å². The summed E-state index contributed by atoms with van der Waals surface area (Å²) in [7, 11) is 0. The fraction of sp³-hybridized carbons (Fsp3) is 0.0909. The van der Waals surface area contributed by atoms with Crippen LogP contribution >= 0.6 is 12.6 Å². The zero-order valence-electron chi connectivity index (χ0n) is 8.51. The molecule has 1 aromatic carbocycles. The van der Waals surface area contributed by atoms with Crippen LogP contribution in [0.3, 0.4) is 0 Å². The van der Waals surface area contributed by atoms with Gasteiger partial charge in [-0.2, -0.15) is 0 Å². The fourth-order valence-corrected chi connectivity index (χ4v) is 1.64. The Hall–Kier alpha value is -1.88. The average molecular weight is 233 g/mol. The summed E-state index contributed by atoms with van der Waals surface area (Å²) >= 11 is 5.10. The lowest BCUT2D eigenvalue weighted by atomic mass is 10.1. The highest BCUT2D eigenvalue weighted by Crippen LogP contribution is 2.32. The van der Waals surface area contributed by atoms with Crippen LogP contribution in [0.4, 0.5) is 0 Å². The van der Waals surface area contributed by atoms with E-state index in [9.17, 15) is 10.2 Å². The number of phenolic OH excluding ortho intramolecular Hbond substituents is 2. The normalized spacial score (nSPS) is 10.3. The van der Waals surface area contributed by atoms with Gasteiger partial charge in [0.2, 0.25) is 0 Å². The monoisotopic (exact) mass is 233 g/mol. The number of nitrogens with zero attached hydrogens (tertiary/aromatic N) is 2. The Balaban J connectivity index is 2.54. The Kier molecular flexibility index (Phi) is 2.62. The van der Waals surface area contributed by atoms with Crippen molar-refractivity contribution in [3.8, 4) is 22.6 Å². The Labute approximate surface area is 98.0 Å². The minimum atomic E-state index is -0.188. The summed E-state index contributed by atoms with van der Waals surface area (Å²) in [6.45, 7) is 1.76. The van der Waals surface area contributed by atoms with Crippen LogP contribution in [-0.4, -0.2) is 20.2 Å². The van der Waals surface area contributed by atoms with Gasteiger partial charge in [-0.1, -0.05) is 18.7 Å². The molecule has 2 N–H and O–H groups in total.